The molecule has 0 saturated carbocycles. The van der Waals surface area contributed by atoms with Crippen molar-refractivity contribution in [2.45, 2.75) is 39.7 Å². The van der Waals surface area contributed by atoms with Gasteiger partial charge in [-0.1, -0.05) is 43.4 Å². The molecule has 3 aromatic rings. The average Bonchev–Trinajstić information content (AvgIpc) is 3.56. The quantitative estimate of drug-likeness (QED) is 0.0654. The number of thiazole rings is 1. The molecule has 2 aromatic carbocycles. The predicted octanol–water partition coefficient (Wildman–Crippen LogP) is 5.77. The van der Waals surface area contributed by atoms with Gasteiger partial charge in [0, 0.05) is 5.56 Å². The van der Waals surface area contributed by atoms with Crippen LogP contribution in [0.2, 0.25) is 0 Å². The summed E-state index contributed by atoms with van der Waals surface area (Å²) < 4.78 is 28.3. The Bertz CT molecular complexity index is 1660. The van der Waals surface area contributed by atoms with Gasteiger partial charge >= 0.3 is 11.9 Å². The zero-order chi connectivity index (χ0) is 32.1. The van der Waals surface area contributed by atoms with E-state index in [1.807, 2.05) is 6.92 Å². The Morgan fingerprint density at radius 2 is 1.89 bits per heavy atom. The minimum atomic E-state index is -1.12. The number of amides is 1. The summed E-state index contributed by atoms with van der Waals surface area (Å²) in [4.78, 5) is 46.1. The number of aryl methyl sites for hydroxylation is 1. The van der Waals surface area contributed by atoms with Gasteiger partial charge in [0.05, 0.1) is 30.5 Å². The molecule has 0 radical (unpaired) electrons. The van der Waals surface area contributed by atoms with Crippen molar-refractivity contribution in [1.29, 1.82) is 0 Å². The van der Waals surface area contributed by atoms with Crippen LogP contribution in [-0.2, 0) is 14.3 Å². The van der Waals surface area contributed by atoms with E-state index in [9.17, 15) is 19.5 Å². The molecule has 3 heterocycles. The van der Waals surface area contributed by atoms with Crippen LogP contribution in [0.3, 0.4) is 0 Å². The third-order valence-corrected chi connectivity index (χ3v) is 8.24. The van der Waals surface area contributed by atoms with Crippen molar-refractivity contribution in [1.82, 2.24) is 4.98 Å². The number of ketones is 1. The molecule has 1 fully saturated rings. The van der Waals surface area contributed by atoms with Crippen LogP contribution < -0.4 is 23.8 Å². The van der Waals surface area contributed by atoms with Crippen LogP contribution in [0, 0.1) is 6.92 Å². The highest BCUT2D eigenvalue weighted by molar-refractivity contribution is 7.17. The molecule has 0 spiro atoms. The molecule has 2 aliphatic rings. The van der Waals surface area contributed by atoms with Crippen LogP contribution in [0.5, 0.6) is 23.0 Å². The number of Topliss-reactive ketones (excluding diaryl/α,β-unsaturated/α-hetero) is 1. The van der Waals surface area contributed by atoms with Crippen LogP contribution in [0.4, 0.5) is 5.13 Å². The number of aliphatic hydroxyl groups excluding tert-OH is 1. The second-order valence-corrected chi connectivity index (χ2v) is 11.1. The Morgan fingerprint density at radius 3 is 2.62 bits per heavy atom. The van der Waals surface area contributed by atoms with Gasteiger partial charge in [-0.3, -0.25) is 14.5 Å². The summed E-state index contributed by atoms with van der Waals surface area (Å²) in [6, 6.07) is 8.78. The van der Waals surface area contributed by atoms with Crippen LogP contribution in [0.15, 0.2) is 54.6 Å². The second kappa shape index (κ2) is 13.9. The van der Waals surface area contributed by atoms with Gasteiger partial charge in [-0.15, -0.1) is 0 Å². The number of rotatable bonds is 12. The van der Waals surface area contributed by atoms with Gasteiger partial charge in [0.2, 0.25) is 0 Å². The lowest BCUT2D eigenvalue weighted by molar-refractivity contribution is -0.132. The number of hydrogen-bond donors (Lipinski definition) is 1. The zero-order valence-corrected chi connectivity index (χ0v) is 26.1. The van der Waals surface area contributed by atoms with E-state index in [4.69, 9.17) is 23.7 Å². The minimum Gasteiger partial charge on any atom is -0.507 e. The number of anilines is 1. The van der Waals surface area contributed by atoms with Crippen molar-refractivity contribution in [2.75, 3.05) is 37.9 Å². The normalized spacial score (nSPS) is 16.9. The SMILES string of the molecule is C=CCOC(=O)c1sc(N2C(=O)C(=O)/C(=C(/O)c3ccc4c(c3)OCCO4)[C@@H]2c2ccc(OCCCC)c(OCC)c2)nc1C. The van der Waals surface area contributed by atoms with Crippen LogP contribution >= 0.6 is 11.3 Å². The fraction of sp³-hybridized carbons (Fsp3) is 0.333. The standard InChI is InChI=1S/C33H34N2O9S/c1-5-8-14-41-22-11-9-20(17-24(22)40-7-3)27-26(28(36)21-10-12-23-25(18-21)43-16-15-42-23)29(37)31(38)35(27)33-34-19(4)30(45-33)32(39)44-13-6-2/h6,9-12,17-18,27,36H,2,5,7-8,13-16H2,1,3-4H3/b28-26+/t27-/m0/s1. The van der Waals surface area contributed by atoms with Crippen molar-refractivity contribution in [2.24, 2.45) is 0 Å². The molecule has 1 amide bonds. The van der Waals surface area contributed by atoms with Gasteiger partial charge in [-0.2, -0.15) is 0 Å². The minimum absolute atomic E-state index is 0.00155. The Kier molecular flexibility index (Phi) is 9.72. The molecular weight excluding hydrogens is 600 g/mol. The number of aliphatic hydroxyl groups is 1. The maximum atomic E-state index is 13.8. The molecule has 12 heteroatoms. The number of carbonyl (C=O) groups excluding carboxylic acids is 3. The fourth-order valence-corrected chi connectivity index (χ4v) is 5.96. The van der Waals surface area contributed by atoms with E-state index >= 15 is 0 Å². The van der Waals surface area contributed by atoms with Gasteiger partial charge in [0.25, 0.3) is 5.78 Å². The van der Waals surface area contributed by atoms with Crippen molar-refractivity contribution >= 4 is 39.9 Å². The lowest BCUT2D eigenvalue weighted by atomic mass is 9.95. The van der Waals surface area contributed by atoms with Crippen LogP contribution in [0.1, 0.15) is 59.2 Å². The first-order valence-corrected chi connectivity index (χ1v) is 15.5. The number of unbranched alkanes of at least 4 members (excludes halogenated alkanes) is 1. The fourth-order valence-electron chi connectivity index (χ4n) is 4.97. The summed E-state index contributed by atoms with van der Waals surface area (Å²) in [5.41, 5.74) is 0.882. The summed E-state index contributed by atoms with van der Waals surface area (Å²) in [5, 5.41) is 11.7. The molecule has 45 heavy (non-hydrogen) atoms. The van der Waals surface area contributed by atoms with E-state index in [1.54, 1.807) is 43.3 Å². The van der Waals surface area contributed by atoms with E-state index in [-0.39, 0.29) is 27.8 Å². The number of hydrogen-bond acceptors (Lipinski definition) is 11. The second-order valence-electron chi connectivity index (χ2n) is 10.2. The number of esters is 1. The summed E-state index contributed by atoms with van der Waals surface area (Å²) in [7, 11) is 0. The summed E-state index contributed by atoms with van der Waals surface area (Å²) in [6.07, 6.45) is 3.24. The lowest BCUT2D eigenvalue weighted by Crippen LogP contribution is -2.29. The molecule has 1 saturated heterocycles. The number of carbonyl (C=O) groups is 3. The highest BCUT2D eigenvalue weighted by Crippen LogP contribution is 2.46. The van der Waals surface area contributed by atoms with Crippen LogP contribution in [-0.4, -0.2) is 60.8 Å². The van der Waals surface area contributed by atoms with Gasteiger partial charge in [-0.05, 0) is 56.2 Å². The highest BCUT2D eigenvalue weighted by atomic mass is 32.1. The highest BCUT2D eigenvalue weighted by Gasteiger charge is 2.49. The maximum absolute atomic E-state index is 13.8. The van der Waals surface area contributed by atoms with E-state index in [2.05, 4.69) is 18.5 Å². The van der Waals surface area contributed by atoms with Crippen molar-refractivity contribution in [3.05, 3.63) is 76.3 Å². The topological polar surface area (TPSA) is 134 Å². The lowest BCUT2D eigenvalue weighted by Gasteiger charge is -2.24. The Morgan fingerprint density at radius 1 is 1.11 bits per heavy atom. The summed E-state index contributed by atoms with van der Waals surface area (Å²) in [6.45, 7) is 10.6. The van der Waals surface area contributed by atoms with E-state index in [1.165, 1.54) is 11.0 Å². The molecule has 1 aromatic heterocycles. The molecule has 2 aliphatic heterocycles. The molecule has 1 atom stereocenters. The predicted molar refractivity (Wildman–Crippen MR) is 168 cm³/mol. The summed E-state index contributed by atoms with van der Waals surface area (Å²) in [5.74, 6) is -1.04. The number of ether oxygens (including phenoxy) is 5. The molecule has 0 unspecified atom stereocenters. The largest absolute Gasteiger partial charge is 0.507 e. The molecule has 0 bridgehead atoms. The van der Waals surface area contributed by atoms with Crippen molar-refractivity contribution in [3.63, 3.8) is 0 Å². The van der Waals surface area contributed by atoms with E-state index in [0.717, 1.165) is 24.2 Å². The van der Waals surface area contributed by atoms with Gasteiger partial charge in [0.15, 0.2) is 28.1 Å². The number of aromatic nitrogens is 1. The van der Waals surface area contributed by atoms with Crippen molar-refractivity contribution < 1.29 is 43.2 Å². The molecule has 1 N–H and O–H groups in total. The first-order chi connectivity index (χ1) is 21.8. The molecule has 5 rings (SSSR count). The average molecular weight is 635 g/mol. The van der Waals surface area contributed by atoms with E-state index < -0.39 is 29.5 Å². The summed E-state index contributed by atoms with van der Waals surface area (Å²) >= 11 is 0.915. The monoisotopic (exact) mass is 634 g/mol. The van der Waals surface area contributed by atoms with Crippen molar-refractivity contribution in [3.8, 4) is 23.0 Å². The molecule has 11 nitrogen and oxygen atoms in total. The third-order valence-electron chi connectivity index (χ3n) is 7.11. The zero-order valence-electron chi connectivity index (χ0n) is 25.3. The number of fused-ring (bicyclic) bond motifs is 1. The molecule has 236 valence electrons. The number of benzene rings is 2. The Balaban J connectivity index is 1.66. The Hall–Kier alpha value is -4.84. The van der Waals surface area contributed by atoms with Crippen LogP contribution in [0.25, 0.3) is 5.76 Å². The molecule has 0 aliphatic carbocycles. The van der Waals surface area contributed by atoms with Gasteiger partial charge < -0.3 is 28.8 Å². The van der Waals surface area contributed by atoms with Gasteiger partial charge in [0.1, 0.15) is 30.5 Å². The van der Waals surface area contributed by atoms with Gasteiger partial charge in [-0.25, -0.2) is 9.78 Å². The van der Waals surface area contributed by atoms with E-state index in [0.29, 0.717) is 60.7 Å². The first-order valence-electron chi connectivity index (χ1n) is 14.6. The number of nitrogens with zero attached hydrogens (tertiary/aromatic N) is 2. The smallest absolute Gasteiger partial charge is 0.350 e. The first kappa shape index (κ1) is 31.6. The molecular formula is C33H34N2O9S. The maximum Gasteiger partial charge on any atom is 0.350 e. The third kappa shape index (κ3) is 6.37. The Labute approximate surface area is 264 Å².